The molecule has 2 aromatic heterocycles. The van der Waals surface area contributed by atoms with E-state index in [-0.39, 0.29) is 39.5 Å². The van der Waals surface area contributed by atoms with Gasteiger partial charge in [0, 0.05) is 17.3 Å². The Labute approximate surface area is 202 Å². The number of β-lactam (4-membered cyclic amide) rings is 1. The Morgan fingerprint density at radius 3 is 2.79 bits per heavy atom. The highest BCUT2D eigenvalue weighted by Gasteiger charge is 2.49. The van der Waals surface area contributed by atoms with Crippen molar-refractivity contribution in [3.05, 3.63) is 21.7 Å². The molecule has 0 spiro atoms. The van der Waals surface area contributed by atoms with Crippen molar-refractivity contribution in [2.24, 2.45) is 12.2 Å². The van der Waals surface area contributed by atoms with Crippen molar-refractivity contribution >= 4 is 75.2 Å². The van der Waals surface area contributed by atoms with E-state index in [4.69, 9.17) is 5.73 Å². The number of oxime groups is 1. The Hall–Kier alpha value is -2.83. The van der Waals surface area contributed by atoms with Crippen molar-refractivity contribution in [3.8, 4) is 0 Å². The van der Waals surface area contributed by atoms with E-state index in [1.807, 2.05) is 0 Å². The minimum Gasteiger partial charge on any atom is -0.477 e. The number of nitrogens with one attached hydrogen (secondary N) is 1. The Kier molecular flexibility index (Phi) is 6.77. The van der Waals surface area contributed by atoms with Crippen LogP contribution in [-0.4, -0.2) is 79.7 Å². The summed E-state index contributed by atoms with van der Waals surface area (Å²) in [5.74, 6) is -2.37. The lowest BCUT2D eigenvalue weighted by Crippen LogP contribution is -2.57. The Balaban J connectivity index is 1.59. The fraction of sp³-hybridized carbons (Fsp3) is 0.333. The zero-order valence-corrected chi connectivity index (χ0v) is 19.9. The van der Waals surface area contributed by atoms with Crippen LogP contribution in [-0.2, 0) is 21.4 Å². The van der Waals surface area contributed by atoms with Gasteiger partial charge in [0.2, 0.25) is 11.1 Å². The van der Waals surface area contributed by atoms with Crippen LogP contribution in [0.3, 0.4) is 0 Å². The predicted molar refractivity (Wildman–Crippen MR) is 121 cm³/mol. The number of thiazole rings is 1. The lowest BCUT2D eigenvalue weighted by molar-refractivity contribution is -0.146. The second-order valence-corrected chi connectivity index (χ2v) is 10.9. The summed E-state index contributed by atoms with van der Waals surface area (Å²) in [6.45, 7) is 0. The van der Waals surface area contributed by atoms with E-state index in [1.54, 1.807) is 7.05 Å². The topological polar surface area (TPSA) is 202 Å². The van der Waals surface area contributed by atoms with E-state index < -0.39 is 22.6 Å². The van der Waals surface area contributed by atoms with Crippen LogP contribution < -0.4 is 11.1 Å². The molecule has 18 heteroatoms. The maximum absolute atomic E-state index is 12.9. The van der Waals surface area contributed by atoms with Crippen molar-refractivity contribution in [1.82, 2.24) is 35.4 Å². The van der Waals surface area contributed by atoms with Crippen LogP contribution in [0.1, 0.15) is 12.1 Å². The molecule has 2 atom stereocenters. The molecule has 33 heavy (non-hydrogen) atoms. The van der Waals surface area contributed by atoms with Crippen LogP contribution in [0.5, 0.6) is 0 Å². The average molecular weight is 530 g/mol. The number of aryl methyl sites for hydroxylation is 1. The molecule has 174 valence electrons. The third-order valence-corrected chi connectivity index (χ3v) is 8.87. The highest BCUT2D eigenvalue weighted by Crippen LogP contribution is 2.47. The summed E-state index contributed by atoms with van der Waals surface area (Å²) in [6, 6.07) is 0. The molecule has 2 aliphatic rings. The number of nitrogens with two attached hydrogens (primary N) is 1. The van der Waals surface area contributed by atoms with E-state index in [1.165, 1.54) is 38.5 Å². The highest BCUT2D eigenvalue weighted by molar-refractivity contribution is 8.18. The van der Waals surface area contributed by atoms with Gasteiger partial charge in [0.15, 0.2) is 10.8 Å². The molecule has 1 saturated heterocycles. The van der Waals surface area contributed by atoms with Crippen molar-refractivity contribution in [1.29, 1.82) is 0 Å². The molecule has 1 unspecified atom stereocenters. The molecular weight excluding hydrogens is 514 g/mol. The number of amides is 2. The highest BCUT2D eigenvalue weighted by atomic mass is 32.2. The van der Waals surface area contributed by atoms with Crippen molar-refractivity contribution in [3.63, 3.8) is 0 Å². The normalized spacial score (nSPS) is 20.5. The first-order valence-electron chi connectivity index (χ1n) is 8.97. The summed E-state index contributed by atoms with van der Waals surface area (Å²) < 4.78 is 1.46. The van der Waals surface area contributed by atoms with Crippen molar-refractivity contribution in [2.45, 2.75) is 22.3 Å². The van der Waals surface area contributed by atoms with E-state index in [9.17, 15) is 24.7 Å². The zero-order chi connectivity index (χ0) is 23.7. The van der Waals surface area contributed by atoms with E-state index in [2.05, 4.69) is 31.0 Å². The maximum Gasteiger partial charge on any atom is 0.353 e. The third-order valence-electron chi connectivity index (χ3n) is 4.44. The minimum absolute atomic E-state index is 0.0840. The van der Waals surface area contributed by atoms with Crippen LogP contribution in [0.2, 0.25) is 0 Å². The van der Waals surface area contributed by atoms with Gasteiger partial charge in [-0.3, -0.25) is 14.5 Å². The zero-order valence-electron chi connectivity index (χ0n) is 16.6. The van der Waals surface area contributed by atoms with Crippen LogP contribution >= 0.6 is 46.6 Å². The lowest BCUT2D eigenvalue weighted by atomic mass is 10.1. The SMILES string of the molecule is Cn1nnnc1SCSC1=C(C(=O)O)N2C(=O)C[C@H]2SC1NC(=O)/C(=N\O)c1csc(N)n1. The third kappa shape index (κ3) is 4.63. The molecule has 1 fully saturated rings. The number of rotatable bonds is 8. The molecule has 0 radical (unpaired) electrons. The summed E-state index contributed by atoms with van der Waals surface area (Å²) in [6.07, 6.45) is 0.148. The molecule has 2 aliphatic heterocycles. The average Bonchev–Trinajstić information content (AvgIpc) is 3.37. The van der Waals surface area contributed by atoms with E-state index in [0.29, 0.717) is 10.2 Å². The number of carboxylic acid groups (broad SMARTS) is 1. The first kappa shape index (κ1) is 23.3. The Morgan fingerprint density at radius 1 is 1.42 bits per heavy atom. The monoisotopic (exact) mass is 529 g/mol. The smallest absolute Gasteiger partial charge is 0.353 e. The largest absolute Gasteiger partial charge is 0.477 e. The summed E-state index contributed by atoms with van der Waals surface area (Å²) in [5.41, 5.74) is 5.12. The fourth-order valence-electron chi connectivity index (χ4n) is 2.96. The van der Waals surface area contributed by atoms with Gasteiger partial charge in [-0.25, -0.2) is 14.5 Å². The van der Waals surface area contributed by atoms with Gasteiger partial charge < -0.3 is 21.4 Å². The molecule has 4 rings (SSSR count). The molecule has 0 aliphatic carbocycles. The summed E-state index contributed by atoms with van der Waals surface area (Å²) in [4.78, 5) is 42.5. The molecule has 0 aromatic carbocycles. The van der Waals surface area contributed by atoms with Crippen LogP contribution in [0.15, 0.2) is 26.3 Å². The molecule has 2 aromatic rings. The number of nitrogens with zero attached hydrogens (tertiary/aromatic N) is 7. The van der Waals surface area contributed by atoms with Gasteiger partial charge in [0.25, 0.3) is 5.91 Å². The number of aromatic nitrogens is 5. The van der Waals surface area contributed by atoms with Crippen molar-refractivity contribution < 1.29 is 24.7 Å². The van der Waals surface area contributed by atoms with Gasteiger partial charge in [-0.2, -0.15) is 0 Å². The van der Waals surface area contributed by atoms with Gasteiger partial charge in [-0.05, 0) is 10.4 Å². The standard InChI is InChI=1S/C15H15N9O5S4/c1-23-15(19-21-22-23)32-4-31-10-9(13(27)28)24-6(25)2-7(24)33-12(10)18-11(26)8(20-29)5-3-30-14(16)17-5/h3,7,12,29H,2,4H2,1H3,(H2,16,17)(H,18,26)(H,27,28)/b20-8-/t7-,12?/m1/s1. The molecule has 14 nitrogen and oxygen atoms in total. The number of carbonyl (C=O) groups is 3. The van der Waals surface area contributed by atoms with Crippen LogP contribution in [0, 0.1) is 0 Å². The number of hydrogen-bond acceptors (Lipinski definition) is 14. The first-order chi connectivity index (χ1) is 15.8. The maximum atomic E-state index is 12.9. The number of carbonyl (C=O) groups excluding carboxylic acids is 2. The second-order valence-electron chi connectivity index (χ2n) is 6.44. The van der Waals surface area contributed by atoms with Crippen LogP contribution in [0.25, 0.3) is 0 Å². The van der Waals surface area contributed by atoms with Crippen LogP contribution in [0.4, 0.5) is 5.13 Å². The first-order valence-corrected chi connectivity index (χ1v) is 12.8. The van der Waals surface area contributed by atoms with Gasteiger partial charge in [0.1, 0.15) is 16.8 Å². The number of carboxylic acids is 1. The summed E-state index contributed by atoms with van der Waals surface area (Å²) in [5, 5.41) is 37.3. The molecule has 5 N–H and O–H groups in total. The number of anilines is 1. The van der Waals surface area contributed by atoms with E-state index in [0.717, 1.165) is 23.1 Å². The Bertz CT molecular complexity index is 1180. The quantitative estimate of drug-likeness (QED) is 0.0886. The van der Waals surface area contributed by atoms with E-state index >= 15 is 0 Å². The molecule has 4 heterocycles. The minimum atomic E-state index is -1.29. The summed E-state index contributed by atoms with van der Waals surface area (Å²) in [7, 11) is 1.67. The number of thioether (sulfide) groups is 3. The molecule has 0 saturated carbocycles. The number of aliphatic carboxylic acids is 1. The number of tetrazole rings is 1. The number of nitrogen functional groups attached to an aromatic ring is 1. The number of hydrogen-bond donors (Lipinski definition) is 4. The van der Waals surface area contributed by atoms with Crippen molar-refractivity contribution in [2.75, 3.05) is 10.8 Å². The lowest BCUT2D eigenvalue weighted by Gasteiger charge is -2.46. The second kappa shape index (κ2) is 9.57. The summed E-state index contributed by atoms with van der Waals surface area (Å²) >= 11 is 4.69. The predicted octanol–water partition coefficient (Wildman–Crippen LogP) is -0.0462. The van der Waals surface area contributed by atoms with Gasteiger partial charge >= 0.3 is 5.97 Å². The van der Waals surface area contributed by atoms with Gasteiger partial charge in [-0.15, -0.1) is 40.0 Å². The number of fused-ring (bicyclic) bond motifs is 1. The Morgan fingerprint density at radius 2 is 2.21 bits per heavy atom. The van der Waals surface area contributed by atoms with Gasteiger partial charge in [0.05, 0.1) is 16.9 Å². The molecule has 2 amide bonds. The van der Waals surface area contributed by atoms with Gasteiger partial charge in [-0.1, -0.05) is 16.9 Å². The molecular formula is C15H15N9O5S4. The fourth-order valence-corrected chi connectivity index (χ4v) is 7.21. The molecule has 0 bridgehead atoms.